The van der Waals surface area contributed by atoms with E-state index in [-0.39, 0.29) is 5.91 Å². The van der Waals surface area contributed by atoms with Crippen LogP contribution in [0.5, 0.6) is 5.75 Å². The number of carbonyl (C=O) groups is 1. The minimum atomic E-state index is 0.151. The van der Waals surface area contributed by atoms with E-state index < -0.39 is 0 Å². The standard InChI is InChI=1S/C19H24N2O2S/c1-13-17(15-3-5-16(23-2)6-4-15)11-18(24-13)19(22)21-9-7-14(12-20)8-10-21/h3-6,11,14H,7-10,12,20H2,1-2H3. The van der Waals surface area contributed by atoms with E-state index in [2.05, 4.69) is 6.92 Å². The van der Waals surface area contributed by atoms with Gasteiger partial charge in [0.2, 0.25) is 0 Å². The summed E-state index contributed by atoms with van der Waals surface area (Å²) >= 11 is 1.58. The normalized spacial score (nSPS) is 15.5. The lowest BCUT2D eigenvalue weighted by Gasteiger charge is -2.31. The number of piperidine rings is 1. The Morgan fingerprint density at radius 3 is 2.54 bits per heavy atom. The highest BCUT2D eigenvalue weighted by molar-refractivity contribution is 7.14. The predicted molar refractivity (Wildman–Crippen MR) is 98.7 cm³/mol. The third-order valence-electron chi connectivity index (χ3n) is 4.76. The molecule has 2 heterocycles. The molecule has 2 aromatic rings. The van der Waals surface area contributed by atoms with Crippen LogP contribution in [0.2, 0.25) is 0 Å². The third kappa shape index (κ3) is 3.47. The average molecular weight is 344 g/mol. The molecule has 4 nitrogen and oxygen atoms in total. The Labute approximate surface area is 147 Å². The first-order valence-electron chi connectivity index (χ1n) is 8.36. The van der Waals surface area contributed by atoms with Crippen LogP contribution in [0.25, 0.3) is 11.1 Å². The largest absolute Gasteiger partial charge is 0.497 e. The first-order valence-corrected chi connectivity index (χ1v) is 9.18. The fourth-order valence-electron chi connectivity index (χ4n) is 3.17. The molecule has 0 atom stereocenters. The number of methoxy groups -OCH3 is 1. The Hall–Kier alpha value is -1.85. The van der Waals surface area contributed by atoms with E-state index in [1.54, 1.807) is 18.4 Å². The molecule has 1 aliphatic heterocycles. The van der Waals surface area contributed by atoms with E-state index in [4.69, 9.17) is 10.5 Å². The summed E-state index contributed by atoms with van der Waals surface area (Å²) in [5.41, 5.74) is 7.98. The number of likely N-dealkylation sites (tertiary alicyclic amines) is 1. The molecule has 0 bridgehead atoms. The number of hydrogen-bond acceptors (Lipinski definition) is 4. The van der Waals surface area contributed by atoms with Gasteiger partial charge in [-0.05, 0) is 61.6 Å². The number of amides is 1. The van der Waals surface area contributed by atoms with Gasteiger partial charge in [-0.3, -0.25) is 4.79 Å². The summed E-state index contributed by atoms with van der Waals surface area (Å²) in [7, 11) is 1.66. The number of hydrogen-bond donors (Lipinski definition) is 1. The van der Waals surface area contributed by atoms with Crippen LogP contribution in [-0.4, -0.2) is 37.6 Å². The van der Waals surface area contributed by atoms with Gasteiger partial charge >= 0.3 is 0 Å². The van der Waals surface area contributed by atoms with Gasteiger partial charge in [0.05, 0.1) is 12.0 Å². The highest BCUT2D eigenvalue weighted by atomic mass is 32.1. The van der Waals surface area contributed by atoms with Crippen LogP contribution in [0.4, 0.5) is 0 Å². The van der Waals surface area contributed by atoms with Gasteiger partial charge in [-0.25, -0.2) is 0 Å². The molecule has 5 heteroatoms. The lowest BCUT2D eigenvalue weighted by molar-refractivity contribution is 0.0698. The number of ether oxygens (including phenoxy) is 1. The molecule has 0 aliphatic carbocycles. The van der Waals surface area contributed by atoms with Crippen molar-refractivity contribution < 1.29 is 9.53 Å². The molecule has 1 saturated heterocycles. The van der Waals surface area contributed by atoms with Gasteiger partial charge in [-0.1, -0.05) is 12.1 Å². The van der Waals surface area contributed by atoms with E-state index in [0.29, 0.717) is 5.92 Å². The number of nitrogens with zero attached hydrogens (tertiary/aromatic N) is 1. The maximum Gasteiger partial charge on any atom is 0.263 e. The van der Waals surface area contributed by atoms with Crippen LogP contribution in [0.15, 0.2) is 30.3 Å². The van der Waals surface area contributed by atoms with Crippen LogP contribution < -0.4 is 10.5 Å². The predicted octanol–water partition coefficient (Wildman–Crippen LogP) is 3.54. The molecule has 3 rings (SSSR count). The van der Waals surface area contributed by atoms with Crippen molar-refractivity contribution in [3.05, 3.63) is 40.1 Å². The van der Waals surface area contributed by atoms with Crippen LogP contribution in [0.3, 0.4) is 0 Å². The summed E-state index contributed by atoms with van der Waals surface area (Å²) in [6.45, 7) is 4.43. The molecule has 128 valence electrons. The zero-order valence-electron chi connectivity index (χ0n) is 14.2. The minimum Gasteiger partial charge on any atom is -0.497 e. The second kappa shape index (κ2) is 7.36. The van der Waals surface area contributed by atoms with Gasteiger partial charge in [0.25, 0.3) is 5.91 Å². The summed E-state index contributed by atoms with van der Waals surface area (Å²) < 4.78 is 5.21. The van der Waals surface area contributed by atoms with Gasteiger partial charge < -0.3 is 15.4 Å². The first kappa shape index (κ1) is 17.0. The molecule has 1 aromatic heterocycles. The summed E-state index contributed by atoms with van der Waals surface area (Å²) in [6.07, 6.45) is 2.02. The van der Waals surface area contributed by atoms with Crippen LogP contribution in [-0.2, 0) is 0 Å². The summed E-state index contributed by atoms with van der Waals surface area (Å²) in [5.74, 6) is 1.55. The number of nitrogens with two attached hydrogens (primary N) is 1. The van der Waals surface area contributed by atoms with Crippen molar-refractivity contribution in [1.29, 1.82) is 0 Å². The fourth-order valence-corrected chi connectivity index (χ4v) is 4.18. The molecule has 24 heavy (non-hydrogen) atoms. The summed E-state index contributed by atoms with van der Waals surface area (Å²) in [4.78, 5) is 16.7. The second-order valence-corrected chi connectivity index (χ2v) is 7.54. The summed E-state index contributed by atoms with van der Waals surface area (Å²) in [5, 5.41) is 0. The van der Waals surface area contributed by atoms with Gasteiger partial charge in [0.1, 0.15) is 5.75 Å². The Morgan fingerprint density at radius 1 is 1.29 bits per heavy atom. The number of rotatable bonds is 4. The summed E-state index contributed by atoms with van der Waals surface area (Å²) in [6, 6.07) is 10.00. The topological polar surface area (TPSA) is 55.6 Å². The molecule has 0 spiro atoms. The molecule has 1 aromatic carbocycles. The van der Waals surface area contributed by atoms with Crippen molar-refractivity contribution in [1.82, 2.24) is 4.90 Å². The van der Waals surface area contributed by atoms with Crippen molar-refractivity contribution in [3.63, 3.8) is 0 Å². The van der Waals surface area contributed by atoms with Crippen LogP contribution in [0.1, 0.15) is 27.4 Å². The quantitative estimate of drug-likeness (QED) is 0.923. The van der Waals surface area contributed by atoms with E-state index in [0.717, 1.165) is 54.2 Å². The molecular weight excluding hydrogens is 320 g/mol. The molecule has 0 saturated carbocycles. The zero-order chi connectivity index (χ0) is 17.1. The molecule has 1 aliphatic rings. The Bertz CT molecular complexity index is 701. The maximum atomic E-state index is 12.8. The second-order valence-electron chi connectivity index (χ2n) is 6.28. The molecular formula is C19H24N2O2S. The minimum absolute atomic E-state index is 0.151. The van der Waals surface area contributed by atoms with Gasteiger partial charge in [-0.15, -0.1) is 11.3 Å². The van der Waals surface area contributed by atoms with E-state index in [1.165, 1.54) is 4.88 Å². The molecule has 0 unspecified atom stereocenters. The maximum absolute atomic E-state index is 12.8. The Balaban J connectivity index is 1.77. The van der Waals surface area contributed by atoms with Crippen molar-refractivity contribution in [2.24, 2.45) is 11.7 Å². The van der Waals surface area contributed by atoms with Crippen molar-refractivity contribution >= 4 is 17.2 Å². The smallest absolute Gasteiger partial charge is 0.263 e. The first-order chi connectivity index (χ1) is 11.6. The third-order valence-corrected chi connectivity index (χ3v) is 5.80. The SMILES string of the molecule is COc1ccc(-c2cc(C(=O)N3CCC(CN)CC3)sc2C)cc1. The van der Waals surface area contributed by atoms with E-state index >= 15 is 0 Å². The van der Waals surface area contributed by atoms with Gasteiger partial charge in [0.15, 0.2) is 0 Å². The number of carbonyl (C=O) groups excluding carboxylic acids is 1. The van der Waals surface area contributed by atoms with E-state index in [1.807, 2.05) is 35.2 Å². The molecule has 0 radical (unpaired) electrons. The Morgan fingerprint density at radius 2 is 1.96 bits per heavy atom. The fraction of sp³-hybridized carbons (Fsp3) is 0.421. The van der Waals surface area contributed by atoms with Crippen molar-refractivity contribution in [2.45, 2.75) is 19.8 Å². The highest BCUT2D eigenvalue weighted by Crippen LogP contribution is 2.33. The monoisotopic (exact) mass is 344 g/mol. The lowest BCUT2D eigenvalue weighted by atomic mass is 9.97. The van der Waals surface area contributed by atoms with E-state index in [9.17, 15) is 4.79 Å². The zero-order valence-corrected chi connectivity index (χ0v) is 15.1. The van der Waals surface area contributed by atoms with Crippen molar-refractivity contribution in [2.75, 3.05) is 26.7 Å². The van der Waals surface area contributed by atoms with Crippen LogP contribution in [0, 0.1) is 12.8 Å². The highest BCUT2D eigenvalue weighted by Gasteiger charge is 2.24. The molecule has 1 fully saturated rings. The van der Waals surface area contributed by atoms with Crippen molar-refractivity contribution in [3.8, 4) is 16.9 Å². The number of thiophene rings is 1. The van der Waals surface area contributed by atoms with Gasteiger partial charge in [-0.2, -0.15) is 0 Å². The average Bonchev–Trinajstić information content (AvgIpc) is 3.03. The molecule has 1 amide bonds. The lowest BCUT2D eigenvalue weighted by Crippen LogP contribution is -2.39. The van der Waals surface area contributed by atoms with Gasteiger partial charge in [0, 0.05) is 18.0 Å². The Kier molecular flexibility index (Phi) is 5.21. The molecule has 2 N–H and O–H groups in total. The number of benzene rings is 1. The number of aryl methyl sites for hydroxylation is 1. The van der Waals surface area contributed by atoms with Crippen LogP contribution >= 0.6 is 11.3 Å².